The van der Waals surface area contributed by atoms with E-state index in [1.165, 1.54) is 6.07 Å². The average Bonchev–Trinajstić information content (AvgIpc) is 3.51. The van der Waals surface area contributed by atoms with Crippen molar-refractivity contribution in [3.8, 4) is 0 Å². The molecule has 2 rings (SSSR count). The molecule has 0 saturated heterocycles. The SMILES string of the molecule is CCCCCC(CN(O)C=O)C(=O)NNc1nc(C)cc(C(=O)OC2(C(N)=O)CC2)n1. The Kier molecular flexibility index (Phi) is 8.25. The van der Waals surface area contributed by atoms with Crippen molar-refractivity contribution in [3.05, 3.63) is 17.5 Å². The highest BCUT2D eigenvalue weighted by Crippen LogP contribution is 2.39. The molecule has 1 aromatic rings. The molecule has 0 aromatic carbocycles. The molecule has 1 fully saturated rings. The van der Waals surface area contributed by atoms with E-state index in [1.807, 2.05) is 6.92 Å². The predicted molar refractivity (Wildman–Crippen MR) is 107 cm³/mol. The number of hydroxylamine groups is 2. The van der Waals surface area contributed by atoms with Crippen LogP contribution >= 0.6 is 0 Å². The molecule has 1 atom stereocenters. The number of nitrogens with zero attached hydrogens (tertiary/aromatic N) is 3. The summed E-state index contributed by atoms with van der Waals surface area (Å²) in [7, 11) is 0. The standard InChI is InChI=1S/C19H28N6O6/c1-3-4-5-6-13(10-25(30)11-26)15(27)23-24-18-21-12(2)9-14(22-18)16(28)31-19(7-8-19)17(20)29/h9,11,13,30H,3-8,10H2,1-2H3,(H2,20,29)(H,23,27)(H,21,22,24). The molecule has 12 heteroatoms. The van der Waals surface area contributed by atoms with Gasteiger partial charge in [-0.1, -0.05) is 26.2 Å². The Balaban J connectivity index is 2.02. The molecule has 3 amide bonds. The van der Waals surface area contributed by atoms with Crippen LogP contribution in [-0.2, 0) is 19.1 Å². The number of primary amides is 1. The third-order valence-corrected chi connectivity index (χ3v) is 4.86. The van der Waals surface area contributed by atoms with E-state index < -0.39 is 29.3 Å². The Labute approximate surface area is 179 Å². The maximum Gasteiger partial charge on any atom is 0.358 e. The summed E-state index contributed by atoms with van der Waals surface area (Å²) in [5, 5.41) is 9.86. The summed E-state index contributed by atoms with van der Waals surface area (Å²) in [6.07, 6.45) is 4.03. The van der Waals surface area contributed by atoms with Crippen LogP contribution < -0.4 is 16.6 Å². The van der Waals surface area contributed by atoms with Gasteiger partial charge in [0.15, 0.2) is 11.3 Å². The Hall–Kier alpha value is -3.28. The van der Waals surface area contributed by atoms with Crippen LogP contribution in [0.5, 0.6) is 0 Å². The molecule has 1 aliphatic rings. The number of hydrogen-bond donors (Lipinski definition) is 4. The molecule has 12 nitrogen and oxygen atoms in total. The molecule has 1 aliphatic carbocycles. The van der Waals surface area contributed by atoms with Crippen molar-refractivity contribution < 1.29 is 29.1 Å². The van der Waals surface area contributed by atoms with Crippen LogP contribution in [0, 0.1) is 12.8 Å². The molecular formula is C19H28N6O6. The molecule has 170 valence electrons. The summed E-state index contributed by atoms with van der Waals surface area (Å²) in [5.41, 5.74) is 9.28. The summed E-state index contributed by atoms with van der Waals surface area (Å²) in [4.78, 5) is 55.1. The van der Waals surface area contributed by atoms with E-state index in [-0.39, 0.29) is 24.6 Å². The fourth-order valence-corrected chi connectivity index (χ4v) is 2.91. The number of nitrogens with one attached hydrogen (secondary N) is 2. The number of hydrazine groups is 1. The molecule has 31 heavy (non-hydrogen) atoms. The first-order valence-electron chi connectivity index (χ1n) is 10.1. The van der Waals surface area contributed by atoms with E-state index in [0.29, 0.717) is 30.0 Å². The summed E-state index contributed by atoms with van der Waals surface area (Å²) in [6, 6.07) is 1.38. The largest absolute Gasteiger partial charge is 0.444 e. The van der Waals surface area contributed by atoms with Gasteiger partial charge >= 0.3 is 5.97 Å². The molecule has 5 N–H and O–H groups in total. The lowest BCUT2D eigenvalue weighted by atomic mass is 10.0. The lowest BCUT2D eigenvalue weighted by Crippen LogP contribution is -2.40. The molecule has 1 aromatic heterocycles. The van der Waals surface area contributed by atoms with Gasteiger partial charge in [-0.05, 0) is 19.4 Å². The number of ether oxygens (including phenoxy) is 1. The van der Waals surface area contributed by atoms with E-state index in [1.54, 1.807) is 6.92 Å². The Morgan fingerprint density at radius 2 is 2.06 bits per heavy atom. The highest BCUT2D eigenvalue weighted by Gasteiger charge is 2.53. The van der Waals surface area contributed by atoms with Gasteiger partial charge in [0.2, 0.25) is 18.3 Å². The van der Waals surface area contributed by atoms with Crippen LogP contribution in [0.4, 0.5) is 5.95 Å². The van der Waals surface area contributed by atoms with E-state index in [2.05, 4.69) is 20.8 Å². The Bertz CT molecular complexity index is 828. The smallest absolute Gasteiger partial charge is 0.358 e. The number of carbonyl (C=O) groups is 4. The number of amides is 3. The molecule has 0 spiro atoms. The lowest BCUT2D eigenvalue weighted by molar-refractivity contribution is -0.154. The summed E-state index contributed by atoms with van der Waals surface area (Å²) < 4.78 is 5.20. The van der Waals surface area contributed by atoms with Crippen molar-refractivity contribution in [3.63, 3.8) is 0 Å². The zero-order valence-electron chi connectivity index (χ0n) is 17.6. The van der Waals surface area contributed by atoms with Gasteiger partial charge in [-0.25, -0.2) is 19.8 Å². The number of hydrogen-bond acceptors (Lipinski definition) is 9. The first kappa shape index (κ1) is 24.0. The monoisotopic (exact) mass is 436 g/mol. The van der Waals surface area contributed by atoms with E-state index in [9.17, 15) is 24.4 Å². The highest BCUT2D eigenvalue weighted by molar-refractivity contribution is 5.94. The summed E-state index contributed by atoms with van der Waals surface area (Å²) in [6.45, 7) is 3.47. The number of aryl methyl sites for hydroxylation is 1. The van der Waals surface area contributed by atoms with Crippen LogP contribution in [0.25, 0.3) is 0 Å². The number of nitrogens with two attached hydrogens (primary N) is 1. The summed E-state index contributed by atoms with van der Waals surface area (Å²) >= 11 is 0. The summed E-state index contributed by atoms with van der Waals surface area (Å²) in [5.74, 6) is -2.73. The van der Waals surface area contributed by atoms with Crippen molar-refractivity contribution in [2.24, 2.45) is 11.7 Å². The average molecular weight is 436 g/mol. The zero-order chi connectivity index (χ0) is 23.0. The maximum absolute atomic E-state index is 12.5. The molecule has 0 aliphatic heterocycles. The number of anilines is 1. The second-order valence-corrected chi connectivity index (χ2v) is 7.50. The van der Waals surface area contributed by atoms with Crippen LogP contribution in [-0.4, -0.2) is 56.6 Å². The van der Waals surface area contributed by atoms with E-state index in [4.69, 9.17) is 10.5 Å². The van der Waals surface area contributed by atoms with Gasteiger partial charge in [-0.2, -0.15) is 0 Å². The molecule has 1 saturated carbocycles. The normalized spacial score (nSPS) is 14.8. The number of aromatic nitrogens is 2. The quantitative estimate of drug-likeness (QED) is 0.112. The zero-order valence-corrected chi connectivity index (χ0v) is 17.6. The van der Waals surface area contributed by atoms with Crippen molar-refractivity contribution >= 4 is 30.1 Å². The number of unbranched alkanes of at least 4 members (excludes halogenated alkanes) is 2. The third kappa shape index (κ3) is 6.88. The van der Waals surface area contributed by atoms with Crippen molar-refractivity contribution in [2.45, 2.75) is 58.0 Å². The van der Waals surface area contributed by atoms with Crippen molar-refractivity contribution in [1.29, 1.82) is 0 Å². The topological polar surface area (TPSA) is 177 Å². The molecule has 1 unspecified atom stereocenters. The number of rotatable bonds is 13. The molecule has 1 heterocycles. The molecular weight excluding hydrogens is 408 g/mol. The van der Waals surface area contributed by atoms with Gasteiger partial charge in [-0.3, -0.25) is 30.4 Å². The fourth-order valence-electron chi connectivity index (χ4n) is 2.91. The van der Waals surface area contributed by atoms with Gasteiger partial charge in [0.1, 0.15) is 0 Å². The van der Waals surface area contributed by atoms with Crippen LogP contribution in [0.3, 0.4) is 0 Å². The van der Waals surface area contributed by atoms with Gasteiger partial charge in [0, 0.05) is 18.5 Å². The Morgan fingerprint density at radius 1 is 1.35 bits per heavy atom. The number of esters is 1. The first-order chi connectivity index (χ1) is 14.7. The number of carbonyl (C=O) groups excluding carboxylic acids is 4. The van der Waals surface area contributed by atoms with Crippen molar-refractivity contribution in [2.75, 3.05) is 12.0 Å². The lowest BCUT2D eigenvalue weighted by Gasteiger charge is -2.19. The van der Waals surface area contributed by atoms with Crippen LogP contribution in [0.2, 0.25) is 0 Å². The first-order valence-corrected chi connectivity index (χ1v) is 10.1. The molecule has 0 bridgehead atoms. The highest BCUT2D eigenvalue weighted by atomic mass is 16.6. The van der Waals surface area contributed by atoms with Crippen molar-refractivity contribution in [1.82, 2.24) is 20.5 Å². The minimum absolute atomic E-state index is 0.0622. The third-order valence-electron chi connectivity index (χ3n) is 4.86. The van der Waals surface area contributed by atoms with Crippen LogP contribution in [0.1, 0.15) is 61.6 Å². The van der Waals surface area contributed by atoms with Gasteiger partial charge in [0.25, 0.3) is 5.91 Å². The van der Waals surface area contributed by atoms with Crippen LogP contribution in [0.15, 0.2) is 6.07 Å². The Morgan fingerprint density at radius 3 is 2.65 bits per heavy atom. The maximum atomic E-state index is 12.5. The fraction of sp³-hybridized carbons (Fsp3) is 0.579. The predicted octanol–water partition coefficient (Wildman–Crippen LogP) is 0.447. The van der Waals surface area contributed by atoms with Gasteiger partial charge in [-0.15, -0.1) is 0 Å². The van der Waals surface area contributed by atoms with Gasteiger partial charge in [0.05, 0.1) is 12.5 Å². The van der Waals surface area contributed by atoms with E-state index in [0.717, 1.165) is 19.3 Å². The van der Waals surface area contributed by atoms with Gasteiger partial charge < -0.3 is 10.5 Å². The second kappa shape index (κ2) is 10.7. The second-order valence-electron chi connectivity index (χ2n) is 7.50. The molecule has 0 radical (unpaired) electrons. The minimum Gasteiger partial charge on any atom is -0.444 e. The minimum atomic E-state index is -1.28. The van der Waals surface area contributed by atoms with E-state index >= 15 is 0 Å².